The highest BCUT2D eigenvalue weighted by Gasteiger charge is 2.27. The molecular weight excluding hydrogens is 184 g/mol. The van der Waals surface area contributed by atoms with Crippen molar-refractivity contribution in [3.8, 4) is 0 Å². The number of allylic oxidation sites excluding steroid dienone is 1. The lowest BCUT2D eigenvalue weighted by molar-refractivity contribution is 0.195. The van der Waals surface area contributed by atoms with Crippen LogP contribution >= 0.6 is 11.6 Å². The van der Waals surface area contributed by atoms with Gasteiger partial charge in [-0.15, -0.1) is 6.58 Å². The van der Waals surface area contributed by atoms with Gasteiger partial charge >= 0.3 is 0 Å². The van der Waals surface area contributed by atoms with E-state index in [0.717, 1.165) is 11.6 Å². The summed E-state index contributed by atoms with van der Waals surface area (Å²) in [6.07, 6.45) is 1.91. The van der Waals surface area contributed by atoms with Crippen LogP contribution < -0.4 is 0 Å². The van der Waals surface area contributed by atoms with Gasteiger partial charge in [-0.3, -0.25) is 0 Å². The Morgan fingerprint density at radius 1 is 1.62 bits per heavy atom. The van der Waals surface area contributed by atoms with Crippen LogP contribution in [0.3, 0.4) is 0 Å². The second kappa shape index (κ2) is 3.85. The standard InChI is InChI=1S/C11H17ClO/c1-5-8-6-13-7-9(8)10(12)11(2,3)4/h5,8H,1,6-7H2,2-4H3/b10-9-. The van der Waals surface area contributed by atoms with Crippen molar-refractivity contribution in [2.45, 2.75) is 20.8 Å². The van der Waals surface area contributed by atoms with Gasteiger partial charge in [-0.1, -0.05) is 38.4 Å². The summed E-state index contributed by atoms with van der Waals surface area (Å²) in [5.41, 5.74) is 1.22. The van der Waals surface area contributed by atoms with E-state index in [1.165, 1.54) is 5.57 Å². The van der Waals surface area contributed by atoms with Gasteiger partial charge < -0.3 is 4.74 Å². The summed E-state index contributed by atoms with van der Waals surface area (Å²) in [7, 11) is 0. The zero-order valence-electron chi connectivity index (χ0n) is 8.56. The Morgan fingerprint density at radius 2 is 2.23 bits per heavy atom. The number of ether oxygens (including phenoxy) is 1. The zero-order chi connectivity index (χ0) is 10.1. The lowest BCUT2D eigenvalue weighted by Crippen LogP contribution is -2.11. The van der Waals surface area contributed by atoms with Crippen LogP contribution in [0.5, 0.6) is 0 Å². The van der Waals surface area contributed by atoms with Crippen LogP contribution in [0.4, 0.5) is 0 Å². The van der Waals surface area contributed by atoms with Crippen LogP contribution in [-0.4, -0.2) is 13.2 Å². The van der Waals surface area contributed by atoms with E-state index >= 15 is 0 Å². The first-order chi connectivity index (χ1) is 5.96. The van der Waals surface area contributed by atoms with Gasteiger partial charge in [0.2, 0.25) is 0 Å². The maximum Gasteiger partial charge on any atom is 0.0698 e. The first-order valence-electron chi connectivity index (χ1n) is 4.56. The molecule has 1 saturated heterocycles. The molecule has 0 aromatic heterocycles. The fraction of sp³-hybridized carbons (Fsp3) is 0.636. The molecule has 1 unspecified atom stereocenters. The lowest BCUT2D eigenvalue weighted by Gasteiger charge is -2.21. The molecule has 0 amide bonds. The van der Waals surface area contributed by atoms with E-state index < -0.39 is 0 Å². The maximum atomic E-state index is 6.29. The predicted octanol–water partition coefficient (Wildman–Crippen LogP) is 3.36. The van der Waals surface area contributed by atoms with Crippen molar-refractivity contribution in [1.29, 1.82) is 0 Å². The van der Waals surface area contributed by atoms with Crippen LogP contribution in [-0.2, 0) is 4.74 Å². The highest BCUT2D eigenvalue weighted by atomic mass is 35.5. The van der Waals surface area contributed by atoms with E-state index in [9.17, 15) is 0 Å². The Kier molecular flexibility index (Phi) is 3.20. The van der Waals surface area contributed by atoms with Crippen LogP contribution in [0, 0.1) is 11.3 Å². The van der Waals surface area contributed by atoms with Crippen LogP contribution in [0.1, 0.15) is 20.8 Å². The van der Waals surface area contributed by atoms with Crippen LogP contribution in [0.15, 0.2) is 23.3 Å². The molecule has 0 saturated carbocycles. The highest BCUT2D eigenvalue weighted by Crippen LogP contribution is 2.36. The molecule has 0 bridgehead atoms. The largest absolute Gasteiger partial charge is 0.376 e. The van der Waals surface area contributed by atoms with Gasteiger partial charge in [0.05, 0.1) is 13.2 Å². The van der Waals surface area contributed by atoms with Gasteiger partial charge in [-0.2, -0.15) is 0 Å². The minimum Gasteiger partial charge on any atom is -0.376 e. The molecule has 1 aliphatic rings. The van der Waals surface area contributed by atoms with E-state index in [1.54, 1.807) is 0 Å². The van der Waals surface area contributed by atoms with Crippen molar-refractivity contribution in [3.63, 3.8) is 0 Å². The molecule has 0 aromatic rings. The highest BCUT2D eigenvalue weighted by molar-refractivity contribution is 6.30. The SMILES string of the molecule is C=CC1COC/C1=C(/Cl)C(C)(C)C. The Labute approximate surface area is 85.4 Å². The first kappa shape index (κ1) is 10.8. The van der Waals surface area contributed by atoms with E-state index in [0.29, 0.717) is 12.5 Å². The minimum absolute atomic E-state index is 0.0197. The average Bonchev–Trinajstić information content (AvgIpc) is 2.48. The third kappa shape index (κ3) is 2.35. The molecule has 1 nitrogen and oxygen atoms in total. The maximum absolute atomic E-state index is 6.29. The molecule has 13 heavy (non-hydrogen) atoms. The Hall–Kier alpha value is -0.270. The summed E-state index contributed by atoms with van der Waals surface area (Å²) in [6.45, 7) is 11.5. The average molecular weight is 201 g/mol. The molecule has 1 rings (SSSR count). The Bertz CT molecular complexity index is 235. The molecule has 1 atom stereocenters. The molecule has 1 heterocycles. The number of rotatable bonds is 1. The van der Waals surface area contributed by atoms with E-state index in [2.05, 4.69) is 27.4 Å². The molecule has 2 heteroatoms. The topological polar surface area (TPSA) is 9.23 Å². The summed E-state index contributed by atoms with van der Waals surface area (Å²) < 4.78 is 5.36. The van der Waals surface area contributed by atoms with Gasteiger partial charge in [0, 0.05) is 11.0 Å². The molecule has 0 N–H and O–H groups in total. The third-order valence-corrected chi connectivity index (χ3v) is 3.04. The van der Waals surface area contributed by atoms with Crippen molar-refractivity contribution >= 4 is 11.6 Å². The molecular formula is C11H17ClO. The summed E-state index contributed by atoms with van der Waals surface area (Å²) in [5, 5.41) is 0.926. The smallest absolute Gasteiger partial charge is 0.0698 e. The van der Waals surface area contributed by atoms with Gasteiger partial charge in [0.25, 0.3) is 0 Å². The van der Waals surface area contributed by atoms with Crippen molar-refractivity contribution in [1.82, 2.24) is 0 Å². The summed E-state index contributed by atoms with van der Waals surface area (Å²) in [4.78, 5) is 0. The summed E-state index contributed by atoms with van der Waals surface area (Å²) in [6, 6.07) is 0. The summed E-state index contributed by atoms with van der Waals surface area (Å²) in [5.74, 6) is 0.312. The Balaban J connectivity index is 2.96. The van der Waals surface area contributed by atoms with Crippen molar-refractivity contribution in [2.24, 2.45) is 11.3 Å². The number of halogens is 1. The zero-order valence-corrected chi connectivity index (χ0v) is 9.32. The first-order valence-corrected chi connectivity index (χ1v) is 4.94. The van der Waals surface area contributed by atoms with Crippen LogP contribution in [0.2, 0.25) is 0 Å². The van der Waals surface area contributed by atoms with Crippen molar-refractivity contribution < 1.29 is 4.74 Å². The van der Waals surface area contributed by atoms with E-state index in [1.807, 2.05) is 6.08 Å². The fourth-order valence-corrected chi connectivity index (χ4v) is 1.62. The van der Waals surface area contributed by atoms with Gasteiger partial charge in [0.15, 0.2) is 0 Å². The van der Waals surface area contributed by atoms with Crippen molar-refractivity contribution in [3.05, 3.63) is 23.3 Å². The molecule has 1 aliphatic heterocycles. The quantitative estimate of drug-likeness (QED) is 0.590. The second-order valence-electron chi connectivity index (χ2n) is 4.45. The molecule has 0 aromatic carbocycles. The number of hydrogen-bond donors (Lipinski definition) is 0. The molecule has 0 spiro atoms. The monoisotopic (exact) mass is 200 g/mol. The molecule has 1 fully saturated rings. The van der Waals surface area contributed by atoms with Gasteiger partial charge in [-0.25, -0.2) is 0 Å². The molecule has 74 valence electrons. The van der Waals surface area contributed by atoms with Crippen molar-refractivity contribution in [2.75, 3.05) is 13.2 Å². The minimum atomic E-state index is 0.0197. The predicted molar refractivity (Wildman–Crippen MR) is 56.8 cm³/mol. The normalized spacial score (nSPS) is 27.5. The van der Waals surface area contributed by atoms with E-state index in [-0.39, 0.29) is 5.41 Å². The van der Waals surface area contributed by atoms with Crippen LogP contribution in [0.25, 0.3) is 0 Å². The lowest BCUT2D eigenvalue weighted by atomic mass is 9.89. The van der Waals surface area contributed by atoms with Gasteiger partial charge in [0.1, 0.15) is 0 Å². The third-order valence-electron chi connectivity index (χ3n) is 2.23. The second-order valence-corrected chi connectivity index (χ2v) is 4.82. The Morgan fingerprint density at radius 3 is 2.69 bits per heavy atom. The van der Waals surface area contributed by atoms with E-state index in [4.69, 9.17) is 16.3 Å². The van der Waals surface area contributed by atoms with Gasteiger partial charge in [-0.05, 0) is 11.0 Å². The molecule has 0 aliphatic carbocycles. The summed E-state index contributed by atoms with van der Waals surface area (Å²) >= 11 is 6.29. The number of hydrogen-bond acceptors (Lipinski definition) is 1. The molecule has 0 radical (unpaired) electrons. The fourth-order valence-electron chi connectivity index (χ4n) is 1.42.